The Morgan fingerprint density at radius 1 is 1.00 bits per heavy atom. The Balaban J connectivity index is 1.92. The molecule has 1 atom stereocenters. The fourth-order valence-electron chi connectivity index (χ4n) is 2.58. The van der Waals surface area contributed by atoms with Crippen LogP contribution in [0.4, 0.5) is 0 Å². The molecule has 0 aromatic carbocycles. The molecule has 0 spiro atoms. The standard InChI is InChI=1S/C13H26N4O4S/c1-11(2)12(14)13(18)15-3-5-16(6-4-15)22(19,20)17-7-9-21-10-8-17/h11-12H,3-10,14H2,1-2H3/t12-/m0/s1. The molecule has 0 bridgehead atoms. The number of nitrogens with zero attached hydrogens (tertiary/aromatic N) is 3. The van der Waals surface area contributed by atoms with Gasteiger partial charge in [-0.2, -0.15) is 17.0 Å². The Morgan fingerprint density at radius 3 is 2.00 bits per heavy atom. The summed E-state index contributed by atoms with van der Waals surface area (Å²) in [6.07, 6.45) is 0. The van der Waals surface area contributed by atoms with Gasteiger partial charge in [-0.1, -0.05) is 13.8 Å². The molecule has 0 aliphatic carbocycles. The largest absolute Gasteiger partial charge is 0.379 e. The van der Waals surface area contributed by atoms with Gasteiger partial charge in [0.1, 0.15) is 0 Å². The number of morpholine rings is 1. The Labute approximate surface area is 132 Å². The first-order valence-electron chi connectivity index (χ1n) is 7.71. The van der Waals surface area contributed by atoms with Gasteiger partial charge in [-0.25, -0.2) is 0 Å². The van der Waals surface area contributed by atoms with Gasteiger partial charge in [0, 0.05) is 39.3 Å². The summed E-state index contributed by atoms with van der Waals surface area (Å²) < 4.78 is 33.1. The predicted octanol–water partition coefficient (Wildman–Crippen LogP) is -1.31. The molecule has 128 valence electrons. The van der Waals surface area contributed by atoms with Crippen LogP contribution in [0.25, 0.3) is 0 Å². The Kier molecular flexibility index (Phi) is 5.78. The predicted molar refractivity (Wildman–Crippen MR) is 82.3 cm³/mol. The molecule has 2 fully saturated rings. The van der Waals surface area contributed by atoms with E-state index in [2.05, 4.69) is 0 Å². The number of carbonyl (C=O) groups excluding carboxylic acids is 1. The molecule has 2 heterocycles. The minimum atomic E-state index is -3.45. The first kappa shape index (κ1) is 17.6. The van der Waals surface area contributed by atoms with E-state index < -0.39 is 16.3 Å². The number of piperazine rings is 1. The van der Waals surface area contributed by atoms with Crippen molar-refractivity contribution in [1.29, 1.82) is 0 Å². The average molecular weight is 334 g/mol. The highest BCUT2D eigenvalue weighted by molar-refractivity contribution is 7.86. The zero-order valence-corrected chi connectivity index (χ0v) is 14.1. The lowest BCUT2D eigenvalue weighted by Gasteiger charge is -2.38. The van der Waals surface area contributed by atoms with Gasteiger partial charge < -0.3 is 15.4 Å². The van der Waals surface area contributed by atoms with Crippen LogP contribution in [0.2, 0.25) is 0 Å². The molecule has 2 aliphatic heterocycles. The Hall–Kier alpha value is -0.740. The van der Waals surface area contributed by atoms with Gasteiger partial charge in [-0.3, -0.25) is 4.79 Å². The quantitative estimate of drug-likeness (QED) is 0.689. The van der Waals surface area contributed by atoms with E-state index in [1.165, 1.54) is 8.61 Å². The maximum Gasteiger partial charge on any atom is 0.282 e. The number of amides is 1. The average Bonchev–Trinajstić information content (AvgIpc) is 2.54. The zero-order chi connectivity index (χ0) is 16.3. The van der Waals surface area contributed by atoms with Gasteiger partial charge in [0.05, 0.1) is 19.3 Å². The maximum absolute atomic E-state index is 12.5. The number of ether oxygens (including phenoxy) is 1. The lowest BCUT2D eigenvalue weighted by Crippen LogP contribution is -2.58. The summed E-state index contributed by atoms with van der Waals surface area (Å²) in [6, 6.07) is -0.526. The van der Waals surface area contributed by atoms with Crippen LogP contribution in [0.3, 0.4) is 0 Å². The summed E-state index contributed by atoms with van der Waals surface area (Å²) in [5.41, 5.74) is 5.88. The maximum atomic E-state index is 12.5. The fraction of sp³-hybridized carbons (Fsp3) is 0.923. The molecule has 0 radical (unpaired) electrons. The van der Waals surface area contributed by atoms with Gasteiger partial charge in [-0.05, 0) is 5.92 Å². The van der Waals surface area contributed by atoms with E-state index in [0.29, 0.717) is 52.5 Å². The van der Waals surface area contributed by atoms with Crippen LogP contribution in [0, 0.1) is 5.92 Å². The second-order valence-corrected chi connectivity index (χ2v) is 7.94. The van der Waals surface area contributed by atoms with Crippen LogP contribution < -0.4 is 5.73 Å². The molecule has 2 aliphatic rings. The number of rotatable bonds is 4. The number of nitrogens with two attached hydrogens (primary N) is 1. The summed E-state index contributed by atoms with van der Waals surface area (Å²) in [7, 11) is -3.45. The van der Waals surface area contributed by atoms with Crippen molar-refractivity contribution in [3.8, 4) is 0 Å². The molecule has 1 amide bonds. The van der Waals surface area contributed by atoms with Crippen molar-refractivity contribution in [2.45, 2.75) is 19.9 Å². The minimum Gasteiger partial charge on any atom is -0.379 e. The topological polar surface area (TPSA) is 96.2 Å². The second-order valence-electron chi connectivity index (χ2n) is 6.01. The van der Waals surface area contributed by atoms with E-state index in [4.69, 9.17) is 10.5 Å². The Bertz CT molecular complexity index is 482. The van der Waals surface area contributed by atoms with Crippen LogP contribution >= 0.6 is 0 Å². The van der Waals surface area contributed by atoms with E-state index in [0.717, 1.165) is 0 Å². The fourth-order valence-corrected chi connectivity index (χ4v) is 4.14. The van der Waals surface area contributed by atoms with Crippen molar-refractivity contribution in [2.24, 2.45) is 11.7 Å². The van der Waals surface area contributed by atoms with Crippen LogP contribution in [-0.2, 0) is 19.7 Å². The summed E-state index contributed by atoms with van der Waals surface area (Å²) in [4.78, 5) is 13.9. The van der Waals surface area contributed by atoms with E-state index >= 15 is 0 Å². The molecular formula is C13H26N4O4S. The molecule has 9 heteroatoms. The molecule has 2 saturated heterocycles. The molecule has 2 N–H and O–H groups in total. The van der Waals surface area contributed by atoms with Crippen LogP contribution in [0.5, 0.6) is 0 Å². The molecular weight excluding hydrogens is 308 g/mol. The van der Waals surface area contributed by atoms with Gasteiger partial charge in [0.2, 0.25) is 5.91 Å². The highest BCUT2D eigenvalue weighted by atomic mass is 32.2. The van der Waals surface area contributed by atoms with Crippen molar-refractivity contribution in [2.75, 3.05) is 52.5 Å². The lowest BCUT2D eigenvalue weighted by molar-refractivity contribution is -0.134. The summed E-state index contributed by atoms with van der Waals surface area (Å²) in [6.45, 7) is 6.86. The van der Waals surface area contributed by atoms with Crippen molar-refractivity contribution in [3.63, 3.8) is 0 Å². The van der Waals surface area contributed by atoms with Crippen LogP contribution in [-0.4, -0.2) is 86.4 Å². The summed E-state index contributed by atoms with van der Waals surface area (Å²) >= 11 is 0. The molecule has 0 aromatic heterocycles. The van der Waals surface area contributed by atoms with Crippen LogP contribution in [0.15, 0.2) is 0 Å². The van der Waals surface area contributed by atoms with Crippen LogP contribution in [0.1, 0.15) is 13.8 Å². The molecule has 0 saturated carbocycles. The van der Waals surface area contributed by atoms with E-state index in [1.807, 2.05) is 13.8 Å². The van der Waals surface area contributed by atoms with Gasteiger partial charge in [-0.15, -0.1) is 0 Å². The van der Waals surface area contributed by atoms with Crippen molar-refractivity contribution >= 4 is 16.1 Å². The number of hydrogen-bond acceptors (Lipinski definition) is 5. The SMILES string of the molecule is CC(C)[C@H](N)C(=O)N1CCN(S(=O)(=O)N2CCOCC2)CC1. The second kappa shape index (κ2) is 7.22. The van der Waals surface area contributed by atoms with E-state index in [1.54, 1.807) is 4.90 Å². The third-order valence-corrected chi connectivity index (χ3v) is 6.21. The Morgan fingerprint density at radius 2 is 1.50 bits per heavy atom. The first-order chi connectivity index (χ1) is 10.3. The van der Waals surface area contributed by atoms with Gasteiger partial charge in [0.25, 0.3) is 10.2 Å². The number of carbonyl (C=O) groups is 1. The van der Waals surface area contributed by atoms with Crippen molar-refractivity contribution < 1.29 is 17.9 Å². The minimum absolute atomic E-state index is 0.0719. The van der Waals surface area contributed by atoms with Gasteiger partial charge in [0.15, 0.2) is 0 Å². The highest BCUT2D eigenvalue weighted by Crippen LogP contribution is 2.15. The molecule has 22 heavy (non-hydrogen) atoms. The molecule has 0 unspecified atom stereocenters. The molecule has 8 nitrogen and oxygen atoms in total. The summed E-state index contributed by atoms with van der Waals surface area (Å²) in [5, 5.41) is 0. The third kappa shape index (κ3) is 3.77. The lowest BCUT2D eigenvalue weighted by atomic mass is 10.0. The van der Waals surface area contributed by atoms with Crippen molar-refractivity contribution in [3.05, 3.63) is 0 Å². The van der Waals surface area contributed by atoms with Crippen molar-refractivity contribution in [1.82, 2.24) is 13.5 Å². The normalized spacial score (nSPS) is 23.7. The first-order valence-corrected chi connectivity index (χ1v) is 9.11. The molecule has 0 aromatic rings. The zero-order valence-electron chi connectivity index (χ0n) is 13.3. The summed E-state index contributed by atoms with van der Waals surface area (Å²) in [5.74, 6) is -0.0268. The number of hydrogen-bond donors (Lipinski definition) is 1. The van der Waals surface area contributed by atoms with E-state index in [-0.39, 0.29) is 11.8 Å². The van der Waals surface area contributed by atoms with E-state index in [9.17, 15) is 13.2 Å². The van der Waals surface area contributed by atoms with Gasteiger partial charge >= 0.3 is 0 Å². The smallest absolute Gasteiger partial charge is 0.282 e. The highest BCUT2D eigenvalue weighted by Gasteiger charge is 2.35. The molecule has 2 rings (SSSR count). The third-order valence-electron chi connectivity index (χ3n) is 4.18. The monoisotopic (exact) mass is 334 g/mol.